The van der Waals surface area contributed by atoms with Crippen LogP contribution >= 0.6 is 0 Å². The normalized spacial score (nSPS) is 44.7. The van der Waals surface area contributed by atoms with Crippen LogP contribution in [0.15, 0.2) is 0 Å². The highest BCUT2D eigenvalue weighted by atomic mass is 16.3. The number of aliphatic hydroxyl groups is 1. The van der Waals surface area contributed by atoms with E-state index < -0.39 is 5.60 Å². The van der Waals surface area contributed by atoms with E-state index in [0.717, 1.165) is 31.1 Å². The van der Waals surface area contributed by atoms with E-state index in [2.05, 4.69) is 4.90 Å². The molecule has 0 aromatic rings. The van der Waals surface area contributed by atoms with Gasteiger partial charge in [0, 0.05) is 19.6 Å². The van der Waals surface area contributed by atoms with Crippen molar-refractivity contribution >= 4 is 0 Å². The van der Waals surface area contributed by atoms with Crippen LogP contribution in [-0.4, -0.2) is 41.8 Å². The van der Waals surface area contributed by atoms with Crippen molar-refractivity contribution in [2.75, 3.05) is 26.2 Å². The molecule has 2 aliphatic carbocycles. The van der Waals surface area contributed by atoms with Crippen molar-refractivity contribution in [3.63, 3.8) is 0 Å². The van der Waals surface area contributed by atoms with Crippen LogP contribution in [0.1, 0.15) is 44.9 Å². The Labute approximate surface area is 111 Å². The Morgan fingerprint density at radius 1 is 1.11 bits per heavy atom. The summed E-state index contributed by atoms with van der Waals surface area (Å²) in [7, 11) is 0. The van der Waals surface area contributed by atoms with Gasteiger partial charge in [0.1, 0.15) is 0 Å². The minimum Gasteiger partial charge on any atom is -0.388 e. The van der Waals surface area contributed by atoms with Gasteiger partial charge in [-0.05, 0) is 56.4 Å². The van der Waals surface area contributed by atoms with Gasteiger partial charge in [0.05, 0.1) is 5.60 Å². The molecule has 3 nitrogen and oxygen atoms in total. The van der Waals surface area contributed by atoms with Crippen molar-refractivity contribution < 1.29 is 5.11 Å². The van der Waals surface area contributed by atoms with Gasteiger partial charge in [0.2, 0.25) is 0 Å². The number of likely N-dealkylation sites (tertiary alicyclic amines) is 1. The highest BCUT2D eigenvalue weighted by Gasteiger charge is 2.41. The molecule has 1 heterocycles. The van der Waals surface area contributed by atoms with Gasteiger partial charge in [0.25, 0.3) is 0 Å². The van der Waals surface area contributed by atoms with E-state index in [0.29, 0.717) is 12.5 Å². The summed E-state index contributed by atoms with van der Waals surface area (Å²) in [6.07, 6.45) is 8.76. The lowest BCUT2D eigenvalue weighted by atomic mass is 9.88. The fraction of sp³-hybridized carbons (Fsp3) is 1.00. The summed E-state index contributed by atoms with van der Waals surface area (Å²) in [5.74, 6) is 2.42. The maximum Gasteiger partial charge on any atom is 0.0797 e. The molecule has 0 aromatic carbocycles. The molecule has 4 unspecified atom stereocenters. The first-order valence-electron chi connectivity index (χ1n) is 7.86. The van der Waals surface area contributed by atoms with Gasteiger partial charge in [-0.25, -0.2) is 0 Å². The number of fused-ring (bicyclic) bond motifs is 1. The zero-order valence-electron chi connectivity index (χ0n) is 11.5. The second-order valence-corrected chi connectivity index (χ2v) is 6.90. The smallest absolute Gasteiger partial charge is 0.0797 e. The van der Waals surface area contributed by atoms with Crippen LogP contribution in [0.3, 0.4) is 0 Å². The van der Waals surface area contributed by atoms with E-state index in [1.807, 2.05) is 0 Å². The van der Waals surface area contributed by atoms with Crippen molar-refractivity contribution in [3.05, 3.63) is 0 Å². The van der Waals surface area contributed by atoms with Gasteiger partial charge >= 0.3 is 0 Å². The average Bonchev–Trinajstić information content (AvgIpc) is 3.01. The topological polar surface area (TPSA) is 49.5 Å². The molecule has 0 bridgehead atoms. The maximum atomic E-state index is 10.5. The molecule has 3 aliphatic rings. The monoisotopic (exact) mass is 252 g/mol. The van der Waals surface area contributed by atoms with E-state index in [9.17, 15) is 5.11 Å². The molecule has 104 valence electrons. The molecule has 0 radical (unpaired) electrons. The van der Waals surface area contributed by atoms with E-state index in [4.69, 9.17) is 5.73 Å². The first-order valence-corrected chi connectivity index (χ1v) is 7.86. The highest BCUT2D eigenvalue weighted by Crippen LogP contribution is 2.40. The molecule has 3 fully saturated rings. The molecule has 1 aliphatic heterocycles. The third-order valence-corrected chi connectivity index (χ3v) is 5.87. The lowest BCUT2D eigenvalue weighted by molar-refractivity contribution is 0.00506. The van der Waals surface area contributed by atoms with Crippen LogP contribution in [-0.2, 0) is 0 Å². The molecule has 3 heteroatoms. The van der Waals surface area contributed by atoms with E-state index in [1.165, 1.54) is 45.3 Å². The molecule has 0 aromatic heterocycles. The standard InChI is InChI=1S/C15H28N2O/c16-11-15(18)7-2-5-14(15)6-8-17-9-12-3-1-4-13(12)10-17/h12-14,18H,1-11,16H2. The largest absolute Gasteiger partial charge is 0.388 e. The summed E-state index contributed by atoms with van der Waals surface area (Å²) in [4.78, 5) is 2.64. The number of hydrogen-bond acceptors (Lipinski definition) is 3. The van der Waals surface area contributed by atoms with Crippen LogP contribution < -0.4 is 5.73 Å². The summed E-state index contributed by atoms with van der Waals surface area (Å²) < 4.78 is 0. The minimum absolute atomic E-state index is 0.447. The van der Waals surface area contributed by atoms with Crippen molar-refractivity contribution in [1.82, 2.24) is 4.90 Å². The van der Waals surface area contributed by atoms with Crippen LogP contribution in [0.2, 0.25) is 0 Å². The molecular formula is C15H28N2O. The fourth-order valence-electron chi connectivity index (χ4n) is 4.66. The highest BCUT2D eigenvalue weighted by molar-refractivity contribution is 4.94. The van der Waals surface area contributed by atoms with Crippen LogP contribution in [0.4, 0.5) is 0 Å². The van der Waals surface area contributed by atoms with E-state index in [1.54, 1.807) is 0 Å². The number of nitrogens with two attached hydrogens (primary N) is 1. The van der Waals surface area contributed by atoms with Crippen LogP contribution in [0.5, 0.6) is 0 Å². The van der Waals surface area contributed by atoms with Gasteiger partial charge in [-0.2, -0.15) is 0 Å². The molecule has 18 heavy (non-hydrogen) atoms. The Morgan fingerprint density at radius 2 is 1.83 bits per heavy atom. The number of nitrogens with zero attached hydrogens (tertiary/aromatic N) is 1. The van der Waals surface area contributed by atoms with Crippen LogP contribution in [0.25, 0.3) is 0 Å². The third kappa shape index (κ3) is 2.33. The van der Waals surface area contributed by atoms with Crippen molar-refractivity contribution in [3.8, 4) is 0 Å². The van der Waals surface area contributed by atoms with Gasteiger partial charge in [-0.3, -0.25) is 0 Å². The van der Waals surface area contributed by atoms with E-state index in [-0.39, 0.29) is 0 Å². The van der Waals surface area contributed by atoms with Crippen LogP contribution in [0, 0.1) is 17.8 Å². The second-order valence-electron chi connectivity index (χ2n) is 6.90. The maximum absolute atomic E-state index is 10.5. The third-order valence-electron chi connectivity index (χ3n) is 5.87. The summed E-state index contributed by atoms with van der Waals surface area (Å²) >= 11 is 0. The molecule has 3 N–H and O–H groups in total. The lowest BCUT2D eigenvalue weighted by Gasteiger charge is -2.30. The van der Waals surface area contributed by atoms with Gasteiger partial charge in [-0.15, -0.1) is 0 Å². The summed E-state index contributed by atoms with van der Waals surface area (Å²) in [6, 6.07) is 0. The Hall–Kier alpha value is -0.120. The first-order chi connectivity index (χ1) is 8.71. The Kier molecular flexibility index (Phi) is 3.65. The quantitative estimate of drug-likeness (QED) is 0.799. The molecule has 4 atom stereocenters. The first kappa shape index (κ1) is 12.9. The zero-order chi connectivity index (χ0) is 12.6. The lowest BCUT2D eigenvalue weighted by Crippen LogP contribution is -2.42. The molecule has 1 saturated heterocycles. The fourth-order valence-corrected chi connectivity index (χ4v) is 4.66. The SMILES string of the molecule is NCC1(O)CCCC1CCN1CC2CCCC2C1. The molecule has 2 saturated carbocycles. The summed E-state index contributed by atoms with van der Waals surface area (Å²) in [5.41, 5.74) is 5.21. The number of hydrogen-bond donors (Lipinski definition) is 2. The van der Waals surface area contributed by atoms with Crippen molar-refractivity contribution in [2.24, 2.45) is 23.5 Å². The van der Waals surface area contributed by atoms with E-state index >= 15 is 0 Å². The van der Waals surface area contributed by atoms with Crippen molar-refractivity contribution in [2.45, 2.75) is 50.5 Å². The molecule has 3 rings (SSSR count). The van der Waals surface area contributed by atoms with Crippen molar-refractivity contribution in [1.29, 1.82) is 0 Å². The Balaban J connectivity index is 1.47. The second kappa shape index (κ2) is 5.10. The predicted octanol–water partition coefficient (Wildman–Crippen LogP) is 1.60. The Morgan fingerprint density at radius 3 is 2.50 bits per heavy atom. The Bertz CT molecular complexity index is 284. The van der Waals surface area contributed by atoms with Gasteiger partial charge in [-0.1, -0.05) is 12.8 Å². The number of rotatable bonds is 4. The summed E-state index contributed by atoms with van der Waals surface area (Å²) in [6.45, 7) is 4.26. The predicted molar refractivity (Wildman–Crippen MR) is 73.2 cm³/mol. The van der Waals surface area contributed by atoms with Gasteiger partial charge < -0.3 is 15.7 Å². The minimum atomic E-state index is -0.546. The molecular weight excluding hydrogens is 224 g/mol. The average molecular weight is 252 g/mol. The molecule has 0 spiro atoms. The zero-order valence-corrected chi connectivity index (χ0v) is 11.5. The van der Waals surface area contributed by atoms with Gasteiger partial charge in [0.15, 0.2) is 0 Å². The summed E-state index contributed by atoms with van der Waals surface area (Å²) in [5, 5.41) is 10.5. The molecule has 0 amide bonds.